The van der Waals surface area contributed by atoms with Crippen molar-refractivity contribution in [1.29, 1.82) is 0 Å². The van der Waals surface area contributed by atoms with E-state index in [0.29, 0.717) is 16.5 Å². The first kappa shape index (κ1) is 20.7. The number of likely N-dealkylation sites (tertiary alicyclic amines) is 1. The highest BCUT2D eigenvalue weighted by atomic mass is 35.5. The van der Waals surface area contributed by atoms with Crippen molar-refractivity contribution in [2.24, 2.45) is 0 Å². The lowest BCUT2D eigenvalue weighted by molar-refractivity contribution is -0.131. The minimum absolute atomic E-state index is 0.0422. The van der Waals surface area contributed by atoms with E-state index in [1.54, 1.807) is 12.1 Å². The Bertz CT molecular complexity index is 842. The molecule has 1 aliphatic rings. The molecule has 1 aliphatic heterocycles. The summed E-state index contributed by atoms with van der Waals surface area (Å²) in [5, 5.41) is 3.43. The van der Waals surface area contributed by atoms with Crippen molar-refractivity contribution in [1.82, 2.24) is 10.2 Å². The SMILES string of the molecule is CC[C@@H](c1ccccc1)[C@@H]1CCCN1C(=O)CNC(=O)c1ccc(Cl)cc1Cl. The molecule has 28 heavy (non-hydrogen) atoms. The van der Waals surface area contributed by atoms with Gasteiger partial charge in [0.1, 0.15) is 0 Å². The number of benzene rings is 2. The van der Waals surface area contributed by atoms with E-state index in [0.717, 1.165) is 25.8 Å². The number of amides is 2. The molecule has 3 rings (SSSR count). The Morgan fingerprint density at radius 1 is 1.18 bits per heavy atom. The summed E-state index contributed by atoms with van der Waals surface area (Å²) in [6, 6.07) is 15.2. The third kappa shape index (κ3) is 4.68. The molecule has 2 aromatic rings. The van der Waals surface area contributed by atoms with Gasteiger partial charge in [0.05, 0.1) is 17.1 Å². The molecule has 1 saturated heterocycles. The monoisotopic (exact) mass is 418 g/mol. The first-order valence-electron chi connectivity index (χ1n) is 9.59. The van der Waals surface area contributed by atoms with Gasteiger partial charge in [0.15, 0.2) is 0 Å². The Kier molecular flexibility index (Phi) is 6.97. The van der Waals surface area contributed by atoms with Crippen LogP contribution in [-0.2, 0) is 4.79 Å². The van der Waals surface area contributed by atoms with Crippen LogP contribution in [0.3, 0.4) is 0 Å². The molecule has 0 spiro atoms. The number of nitrogens with zero attached hydrogens (tertiary/aromatic N) is 1. The second-order valence-corrected chi connectivity index (χ2v) is 7.87. The number of halogens is 2. The summed E-state index contributed by atoms with van der Waals surface area (Å²) < 4.78 is 0. The van der Waals surface area contributed by atoms with Gasteiger partial charge in [-0.2, -0.15) is 0 Å². The summed E-state index contributed by atoms with van der Waals surface area (Å²) in [4.78, 5) is 27.1. The quantitative estimate of drug-likeness (QED) is 0.724. The van der Waals surface area contributed by atoms with Crippen molar-refractivity contribution in [3.63, 3.8) is 0 Å². The molecule has 2 amide bonds. The van der Waals surface area contributed by atoms with E-state index in [1.165, 1.54) is 11.6 Å². The summed E-state index contributed by atoms with van der Waals surface area (Å²) in [7, 11) is 0. The van der Waals surface area contributed by atoms with Crippen molar-refractivity contribution in [2.45, 2.75) is 38.1 Å². The third-order valence-electron chi connectivity index (χ3n) is 5.33. The Labute approximate surface area is 175 Å². The van der Waals surface area contributed by atoms with Gasteiger partial charge in [0.25, 0.3) is 5.91 Å². The number of hydrogen-bond donors (Lipinski definition) is 1. The molecule has 6 heteroatoms. The lowest BCUT2D eigenvalue weighted by Gasteiger charge is -2.31. The van der Waals surface area contributed by atoms with E-state index in [1.807, 2.05) is 23.1 Å². The molecule has 2 atom stereocenters. The molecule has 0 unspecified atom stereocenters. The van der Waals surface area contributed by atoms with E-state index in [2.05, 4.69) is 24.4 Å². The molecule has 148 valence electrons. The van der Waals surface area contributed by atoms with Crippen LogP contribution in [0.2, 0.25) is 10.0 Å². The fourth-order valence-electron chi connectivity index (χ4n) is 3.98. The highest BCUT2D eigenvalue weighted by molar-refractivity contribution is 6.36. The lowest BCUT2D eigenvalue weighted by Crippen LogP contribution is -2.44. The van der Waals surface area contributed by atoms with Crippen molar-refractivity contribution in [2.75, 3.05) is 13.1 Å². The van der Waals surface area contributed by atoms with Gasteiger partial charge in [0, 0.05) is 23.5 Å². The van der Waals surface area contributed by atoms with E-state index < -0.39 is 0 Å². The maximum Gasteiger partial charge on any atom is 0.253 e. The average Bonchev–Trinajstić information content (AvgIpc) is 3.17. The molecule has 0 bridgehead atoms. The van der Waals surface area contributed by atoms with Crippen LogP contribution >= 0.6 is 23.2 Å². The van der Waals surface area contributed by atoms with Crippen LogP contribution in [0.15, 0.2) is 48.5 Å². The normalized spacial score (nSPS) is 17.4. The summed E-state index contributed by atoms with van der Waals surface area (Å²) in [6.45, 7) is 2.84. The second-order valence-electron chi connectivity index (χ2n) is 7.03. The van der Waals surface area contributed by atoms with E-state index in [4.69, 9.17) is 23.2 Å². The van der Waals surface area contributed by atoms with Gasteiger partial charge in [-0.05, 0) is 43.0 Å². The van der Waals surface area contributed by atoms with Crippen molar-refractivity contribution >= 4 is 35.0 Å². The van der Waals surface area contributed by atoms with E-state index in [9.17, 15) is 9.59 Å². The largest absolute Gasteiger partial charge is 0.343 e. The Balaban J connectivity index is 1.65. The zero-order valence-electron chi connectivity index (χ0n) is 15.8. The zero-order valence-corrected chi connectivity index (χ0v) is 17.3. The zero-order chi connectivity index (χ0) is 20.1. The third-order valence-corrected chi connectivity index (χ3v) is 5.88. The molecule has 1 fully saturated rings. The maximum atomic E-state index is 12.8. The van der Waals surface area contributed by atoms with Crippen LogP contribution in [0.5, 0.6) is 0 Å². The van der Waals surface area contributed by atoms with Gasteiger partial charge in [-0.15, -0.1) is 0 Å². The standard InChI is InChI=1S/C22H24Cl2N2O2/c1-2-17(15-7-4-3-5-8-15)20-9-6-12-26(20)21(27)14-25-22(28)18-11-10-16(23)13-19(18)24/h3-5,7-8,10-11,13,17,20H,2,6,9,12,14H2,1H3,(H,25,28)/t17-,20-/m0/s1. The second kappa shape index (κ2) is 9.44. The minimum Gasteiger partial charge on any atom is -0.343 e. The van der Waals surface area contributed by atoms with E-state index >= 15 is 0 Å². The molecule has 0 aliphatic carbocycles. The predicted molar refractivity (Wildman–Crippen MR) is 113 cm³/mol. The number of hydrogen-bond acceptors (Lipinski definition) is 2. The highest BCUT2D eigenvalue weighted by Gasteiger charge is 2.34. The van der Waals surface area contributed by atoms with Crippen LogP contribution in [0.4, 0.5) is 0 Å². The molecular weight excluding hydrogens is 395 g/mol. The lowest BCUT2D eigenvalue weighted by atomic mass is 9.87. The Morgan fingerprint density at radius 2 is 1.93 bits per heavy atom. The maximum absolute atomic E-state index is 12.8. The van der Waals surface area contributed by atoms with Gasteiger partial charge in [-0.25, -0.2) is 0 Å². The van der Waals surface area contributed by atoms with Gasteiger partial charge >= 0.3 is 0 Å². The van der Waals surface area contributed by atoms with Crippen molar-refractivity contribution in [3.05, 3.63) is 69.7 Å². The van der Waals surface area contributed by atoms with Gasteiger partial charge in [-0.1, -0.05) is 60.5 Å². The van der Waals surface area contributed by atoms with Gasteiger partial charge in [-0.3, -0.25) is 9.59 Å². The summed E-state index contributed by atoms with van der Waals surface area (Å²) >= 11 is 11.9. The molecule has 1 heterocycles. The summed E-state index contributed by atoms with van der Waals surface area (Å²) in [6.07, 6.45) is 2.93. The predicted octanol–water partition coefficient (Wildman–Crippen LogP) is 4.91. The summed E-state index contributed by atoms with van der Waals surface area (Å²) in [5.74, 6) is -0.134. The van der Waals surface area contributed by atoms with Crippen LogP contribution in [0.1, 0.15) is 48.0 Å². The fraction of sp³-hybridized carbons (Fsp3) is 0.364. The first-order valence-corrected chi connectivity index (χ1v) is 10.3. The Morgan fingerprint density at radius 3 is 2.61 bits per heavy atom. The van der Waals surface area contributed by atoms with E-state index in [-0.39, 0.29) is 29.4 Å². The van der Waals surface area contributed by atoms with Crippen LogP contribution in [0, 0.1) is 0 Å². The summed E-state index contributed by atoms with van der Waals surface area (Å²) in [5.41, 5.74) is 1.57. The molecule has 0 saturated carbocycles. The number of rotatable bonds is 6. The van der Waals surface area contributed by atoms with Gasteiger partial charge in [0.2, 0.25) is 5.91 Å². The highest BCUT2D eigenvalue weighted by Crippen LogP contribution is 2.33. The smallest absolute Gasteiger partial charge is 0.253 e. The number of carbonyl (C=O) groups excluding carboxylic acids is 2. The molecule has 0 aromatic heterocycles. The van der Waals surface area contributed by atoms with Crippen LogP contribution in [-0.4, -0.2) is 35.8 Å². The molecule has 4 nitrogen and oxygen atoms in total. The topological polar surface area (TPSA) is 49.4 Å². The molecule has 0 radical (unpaired) electrons. The first-order chi connectivity index (χ1) is 13.5. The minimum atomic E-state index is -0.374. The van der Waals surface area contributed by atoms with Crippen molar-refractivity contribution < 1.29 is 9.59 Å². The Hall–Kier alpha value is -2.04. The van der Waals surface area contributed by atoms with Crippen LogP contribution < -0.4 is 5.32 Å². The fourth-order valence-corrected chi connectivity index (χ4v) is 4.47. The molecule has 1 N–H and O–H groups in total. The molecule has 2 aromatic carbocycles. The van der Waals surface area contributed by atoms with Crippen LogP contribution in [0.25, 0.3) is 0 Å². The average molecular weight is 419 g/mol. The van der Waals surface area contributed by atoms with Gasteiger partial charge < -0.3 is 10.2 Å². The number of nitrogens with one attached hydrogen (secondary N) is 1. The molecular formula is C22H24Cl2N2O2. The number of carbonyl (C=O) groups is 2. The van der Waals surface area contributed by atoms with Crippen molar-refractivity contribution in [3.8, 4) is 0 Å².